The number of hydrogen-bond donors (Lipinski definition) is 2. The predicted molar refractivity (Wildman–Crippen MR) is 104 cm³/mol. The number of anilines is 1. The van der Waals surface area contributed by atoms with Crippen LogP contribution in [0.25, 0.3) is 0 Å². The second-order valence-electron chi connectivity index (χ2n) is 6.03. The van der Waals surface area contributed by atoms with Gasteiger partial charge in [-0.3, -0.25) is 4.99 Å². The Morgan fingerprint density at radius 3 is 2.64 bits per heavy atom. The van der Waals surface area contributed by atoms with E-state index in [0.717, 1.165) is 62.3 Å². The summed E-state index contributed by atoms with van der Waals surface area (Å²) in [6.07, 6.45) is 2.08. The van der Waals surface area contributed by atoms with Crippen molar-refractivity contribution in [2.75, 3.05) is 51.3 Å². The van der Waals surface area contributed by atoms with Crippen molar-refractivity contribution in [1.82, 2.24) is 10.2 Å². The molecule has 0 unspecified atom stereocenters. The summed E-state index contributed by atoms with van der Waals surface area (Å²) in [5, 5.41) is 6.65. The van der Waals surface area contributed by atoms with Crippen molar-refractivity contribution < 1.29 is 9.47 Å². The maximum absolute atomic E-state index is 5.75. The molecule has 0 saturated carbocycles. The number of fused-ring (bicyclic) bond motifs is 1. The van der Waals surface area contributed by atoms with Crippen LogP contribution in [0.4, 0.5) is 5.69 Å². The first-order valence-electron chi connectivity index (χ1n) is 9.44. The zero-order chi connectivity index (χ0) is 17.9. The molecule has 140 valence electrons. The number of aliphatic imine (C=N–C) groups is 1. The Morgan fingerprint density at radius 2 is 1.92 bits per heavy atom. The summed E-state index contributed by atoms with van der Waals surface area (Å²) in [5.74, 6) is 2.39. The summed E-state index contributed by atoms with van der Waals surface area (Å²) >= 11 is 0. The summed E-state index contributed by atoms with van der Waals surface area (Å²) in [4.78, 5) is 7.11. The van der Waals surface area contributed by atoms with Crippen LogP contribution in [0.15, 0.2) is 23.2 Å². The Bertz CT molecular complexity index is 548. The zero-order valence-electron chi connectivity index (χ0n) is 15.8. The molecule has 25 heavy (non-hydrogen) atoms. The highest BCUT2D eigenvalue weighted by atomic mass is 16.5. The highest BCUT2D eigenvalue weighted by molar-refractivity contribution is 5.93. The van der Waals surface area contributed by atoms with Gasteiger partial charge in [-0.2, -0.15) is 0 Å². The number of likely N-dealkylation sites (N-methyl/N-ethyl adjacent to an activating group) is 1. The average Bonchev–Trinajstić information content (AvgIpc) is 2.86. The lowest BCUT2D eigenvalue weighted by Gasteiger charge is -2.18. The smallest absolute Gasteiger partial charge is 0.195 e. The molecule has 0 fully saturated rings. The first-order valence-corrected chi connectivity index (χ1v) is 9.44. The van der Waals surface area contributed by atoms with Crippen molar-refractivity contribution in [3.8, 4) is 11.5 Å². The van der Waals surface area contributed by atoms with Crippen molar-refractivity contribution in [2.45, 2.75) is 33.6 Å². The lowest BCUT2D eigenvalue weighted by atomic mass is 10.3. The van der Waals surface area contributed by atoms with Gasteiger partial charge in [-0.1, -0.05) is 13.8 Å². The first kappa shape index (κ1) is 19.4. The largest absolute Gasteiger partial charge is 0.490 e. The molecule has 1 aromatic rings. The molecule has 2 rings (SSSR count). The van der Waals surface area contributed by atoms with E-state index in [0.29, 0.717) is 13.2 Å². The van der Waals surface area contributed by atoms with Gasteiger partial charge in [0.1, 0.15) is 0 Å². The van der Waals surface area contributed by atoms with Gasteiger partial charge in [0.2, 0.25) is 0 Å². The van der Waals surface area contributed by atoms with E-state index in [9.17, 15) is 0 Å². The minimum Gasteiger partial charge on any atom is -0.490 e. The van der Waals surface area contributed by atoms with Gasteiger partial charge < -0.3 is 25.0 Å². The van der Waals surface area contributed by atoms with Gasteiger partial charge in [0.15, 0.2) is 17.5 Å². The molecule has 0 aromatic heterocycles. The fraction of sp³-hybridized carbons (Fsp3) is 0.632. The van der Waals surface area contributed by atoms with Crippen LogP contribution in [0.3, 0.4) is 0 Å². The summed E-state index contributed by atoms with van der Waals surface area (Å²) in [6, 6.07) is 5.92. The Kier molecular flexibility index (Phi) is 8.39. The van der Waals surface area contributed by atoms with E-state index in [-0.39, 0.29) is 0 Å². The molecule has 2 N–H and O–H groups in total. The summed E-state index contributed by atoms with van der Waals surface area (Å²) < 4.78 is 11.4. The SMILES string of the molecule is CCCN(CC)CCN=C(NCC)Nc1ccc2c(c1)OCCCO2. The second kappa shape index (κ2) is 10.8. The first-order chi connectivity index (χ1) is 12.3. The Morgan fingerprint density at radius 1 is 1.12 bits per heavy atom. The third kappa shape index (κ3) is 6.46. The standard InChI is InChI=1S/C19H32N4O2/c1-4-11-23(6-3)12-10-21-19(20-5-2)22-16-8-9-17-18(15-16)25-14-7-13-24-17/h8-9,15H,4-7,10-14H2,1-3H3,(H2,20,21,22). The molecule has 0 saturated heterocycles. The Hall–Kier alpha value is -1.95. The van der Waals surface area contributed by atoms with E-state index in [1.807, 2.05) is 18.2 Å². The molecule has 0 bridgehead atoms. The molecule has 1 aliphatic rings. The molecule has 0 amide bonds. The van der Waals surface area contributed by atoms with Gasteiger partial charge in [0.25, 0.3) is 0 Å². The number of nitrogens with zero attached hydrogens (tertiary/aromatic N) is 2. The quantitative estimate of drug-likeness (QED) is 0.559. The molecule has 1 aromatic carbocycles. The van der Waals surface area contributed by atoms with Crippen LogP contribution in [0.1, 0.15) is 33.6 Å². The van der Waals surface area contributed by atoms with Crippen LogP contribution >= 0.6 is 0 Å². The molecule has 0 radical (unpaired) electrons. The number of ether oxygens (including phenoxy) is 2. The van der Waals surface area contributed by atoms with Gasteiger partial charge in [0, 0.05) is 31.3 Å². The third-order valence-corrected chi connectivity index (χ3v) is 4.03. The topological polar surface area (TPSA) is 58.1 Å². The monoisotopic (exact) mass is 348 g/mol. The van der Waals surface area contributed by atoms with Crippen LogP contribution in [0.5, 0.6) is 11.5 Å². The van der Waals surface area contributed by atoms with E-state index in [4.69, 9.17) is 14.5 Å². The highest BCUT2D eigenvalue weighted by Gasteiger charge is 2.11. The van der Waals surface area contributed by atoms with Crippen molar-refractivity contribution in [2.24, 2.45) is 4.99 Å². The predicted octanol–water partition coefficient (Wildman–Crippen LogP) is 2.96. The zero-order valence-corrected chi connectivity index (χ0v) is 15.8. The lowest BCUT2D eigenvalue weighted by Crippen LogP contribution is -2.32. The molecule has 6 nitrogen and oxygen atoms in total. The van der Waals surface area contributed by atoms with Crippen LogP contribution in [-0.4, -0.2) is 56.8 Å². The fourth-order valence-corrected chi connectivity index (χ4v) is 2.73. The number of nitrogens with one attached hydrogen (secondary N) is 2. The summed E-state index contributed by atoms with van der Waals surface area (Å²) in [6.45, 7) is 12.6. The molecule has 0 atom stereocenters. The molecule has 0 spiro atoms. The normalized spacial score (nSPS) is 14.3. The van der Waals surface area contributed by atoms with Crippen molar-refractivity contribution in [3.05, 3.63) is 18.2 Å². The van der Waals surface area contributed by atoms with Crippen LogP contribution < -0.4 is 20.1 Å². The molecular formula is C19H32N4O2. The summed E-state index contributed by atoms with van der Waals surface area (Å²) in [5.41, 5.74) is 0.949. The minimum atomic E-state index is 0.689. The maximum atomic E-state index is 5.75. The molecular weight excluding hydrogens is 316 g/mol. The lowest BCUT2D eigenvalue weighted by molar-refractivity contribution is 0.297. The van der Waals surface area contributed by atoms with Gasteiger partial charge in [-0.05, 0) is 38.6 Å². The molecule has 1 heterocycles. The number of benzene rings is 1. The number of guanidine groups is 1. The van der Waals surface area contributed by atoms with Crippen molar-refractivity contribution >= 4 is 11.6 Å². The van der Waals surface area contributed by atoms with E-state index in [2.05, 4.69) is 36.3 Å². The van der Waals surface area contributed by atoms with Crippen molar-refractivity contribution in [3.63, 3.8) is 0 Å². The van der Waals surface area contributed by atoms with E-state index in [1.54, 1.807) is 0 Å². The third-order valence-electron chi connectivity index (χ3n) is 4.03. The van der Waals surface area contributed by atoms with E-state index in [1.165, 1.54) is 6.42 Å². The highest BCUT2D eigenvalue weighted by Crippen LogP contribution is 2.32. The fourth-order valence-electron chi connectivity index (χ4n) is 2.73. The van der Waals surface area contributed by atoms with Gasteiger partial charge in [-0.15, -0.1) is 0 Å². The Labute approximate surface area is 151 Å². The van der Waals surface area contributed by atoms with Crippen LogP contribution in [0, 0.1) is 0 Å². The van der Waals surface area contributed by atoms with Crippen LogP contribution in [-0.2, 0) is 0 Å². The van der Waals surface area contributed by atoms with E-state index < -0.39 is 0 Å². The van der Waals surface area contributed by atoms with Gasteiger partial charge in [-0.25, -0.2) is 0 Å². The number of rotatable bonds is 8. The molecule has 1 aliphatic heterocycles. The maximum Gasteiger partial charge on any atom is 0.195 e. The average molecular weight is 348 g/mol. The van der Waals surface area contributed by atoms with Crippen LogP contribution in [0.2, 0.25) is 0 Å². The molecule has 6 heteroatoms. The second-order valence-corrected chi connectivity index (χ2v) is 6.03. The minimum absolute atomic E-state index is 0.689. The van der Waals surface area contributed by atoms with E-state index >= 15 is 0 Å². The van der Waals surface area contributed by atoms with Gasteiger partial charge in [0.05, 0.1) is 19.8 Å². The Balaban J connectivity index is 1.98. The number of hydrogen-bond acceptors (Lipinski definition) is 4. The molecule has 0 aliphatic carbocycles. The van der Waals surface area contributed by atoms with Crippen molar-refractivity contribution in [1.29, 1.82) is 0 Å². The summed E-state index contributed by atoms with van der Waals surface area (Å²) in [7, 11) is 0. The van der Waals surface area contributed by atoms with Gasteiger partial charge >= 0.3 is 0 Å².